The molecule has 0 unspecified atom stereocenters. The normalized spacial score (nSPS) is 9.50. The quantitative estimate of drug-likeness (QED) is 0.641. The molecule has 0 amide bonds. The van der Waals surface area contributed by atoms with Crippen LogP contribution < -0.4 is 5.73 Å². The van der Waals surface area contributed by atoms with E-state index in [1.165, 1.54) is 6.39 Å². The fraction of sp³-hybridized carbons (Fsp3) is 0. The molecule has 1 heterocycles. The maximum absolute atomic E-state index is 5.91. The minimum absolute atomic E-state index is 0. The van der Waals surface area contributed by atoms with E-state index >= 15 is 0 Å². The van der Waals surface area contributed by atoms with Crippen molar-refractivity contribution in [3.05, 3.63) is 29.6 Å². The summed E-state index contributed by atoms with van der Waals surface area (Å²) in [5.41, 5.74) is 6.82. The summed E-state index contributed by atoms with van der Waals surface area (Å²) in [5.74, 6) is 0.394. The maximum atomic E-state index is 5.91. The Morgan fingerprint density at radius 2 is 2.14 bits per heavy atom. The van der Waals surface area contributed by atoms with Crippen LogP contribution in [-0.4, -0.2) is 34.1 Å². The number of anilines is 1. The third-order valence-electron chi connectivity index (χ3n) is 1.58. The summed E-state index contributed by atoms with van der Waals surface area (Å²) in [6.45, 7) is 0. The summed E-state index contributed by atoms with van der Waals surface area (Å²) in [7, 11) is 0. The van der Waals surface area contributed by atoms with E-state index in [1.54, 1.807) is 18.2 Å². The van der Waals surface area contributed by atoms with Gasteiger partial charge in [-0.2, -0.15) is 0 Å². The van der Waals surface area contributed by atoms with Crippen LogP contribution in [-0.2, 0) is 0 Å². The van der Waals surface area contributed by atoms with Crippen molar-refractivity contribution >= 4 is 41.2 Å². The summed E-state index contributed by atoms with van der Waals surface area (Å²) in [6, 6.07) is 5.11. The molecule has 1 aromatic heterocycles. The van der Waals surface area contributed by atoms with Gasteiger partial charge in [-0.3, -0.25) is 0 Å². The molecular weight excluding hydrogens is 308 g/mol. The fourth-order valence-corrected chi connectivity index (χ4v) is 1.27. The molecule has 0 fully saturated rings. The largest absolute Gasteiger partial charge is 0.423 e. The molecule has 6 heteroatoms. The molecule has 14 heavy (non-hydrogen) atoms. The molecule has 70 valence electrons. The SMILES string of the molecule is Nc1ccc(-c2nnco2)c(Cl)c1.[Sn]. The fourth-order valence-electron chi connectivity index (χ4n) is 0.995. The molecule has 0 saturated heterocycles. The van der Waals surface area contributed by atoms with Crippen molar-refractivity contribution in [2.24, 2.45) is 0 Å². The third-order valence-corrected chi connectivity index (χ3v) is 1.90. The van der Waals surface area contributed by atoms with Gasteiger partial charge in [0.25, 0.3) is 0 Å². The van der Waals surface area contributed by atoms with Gasteiger partial charge in [-0.1, -0.05) is 11.6 Å². The van der Waals surface area contributed by atoms with Crippen molar-refractivity contribution in [3.8, 4) is 11.5 Å². The van der Waals surface area contributed by atoms with E-state index < -0.39 is 0 Å². The summed E-state index contributed by atoms with van der Waals surface area (Å²) >= 11 is 5.91. The summed E-state index contributed by atoms with van der Waals surface area (Å²) in [6.07, 6.45) is 1.25. The van der Waals surface area contributed by atoms with Gasteiger partial charge < -0.3 is 10.2 Å². The Morgan fingerprint density at radius 3 is 2.71 bits per heavy atom. The Morgan fingerprint density at radius 1 is 1.36 bits per heavy atom. The van der Waals surface area contributed by atoms with Crippen LogP contribution in [0.1, 0.15) is 0 Å². The van der Waals surface area contributed by atoms with E-state index in [4.69, 9.17) is 21.8 Å². The van der Waals surface area contributed by atoms with Crippen LogP contribution in [0, 0.1) is 0 Å². The summed E-state index contributed by atoms with van der Waals surface area (Å²) in [5, 5.41) is 7.79. The molecule has 0 spiro atoms. The molecule has 4 radical (unpaired) electrons. The van der Waals surface area contributed by atoms with E-state index in [0.29, 0.717) is 22.2 Å². The van der Waals surface area contributed by atoms with Gasteiger partial charge in [0.15, 0.2) is 0 Å². The first-order valence-corrected chi connectivity index (χ1v) is 3.97. The number of hydrogen-bond acceptors (Lipinski definition) is 4. The van der Waals surface area contributed by atoms with Gasteiger partial charge in [0.05, 0.1) is 10.6 Å². The predicted octanol–water partition coefficient (Wildman–Crippen LogP) is 1.59. The van der Waals surface area contributed by atoms with E-state index in [1.807, 2.05) is 0 Å². The van der Waals surface area contributed by atoms with Crippen LogP contribution in [0.5, 0.6) is 0 Å². The Balaban J connectivity index is 0.000000980. The molecule has 0 aliphatic rings. The van der Waals surface area contributed by atoms with Crippen LogP contribution in [0.25, 0.3) is 11.5 Å². The van der Waals surface area contributed by atoms with Gasteiger partial charge in [-0.15, -0.1) is 10.2 Å². The minimum atomic E-state index is 0. The van der Waals surface area contributed by atoms with Crippen molar-refractivity contribution in [1.82, 2.24) is 10.2 Å². The topological polar surface area (TPSA) is 64.9 Å². The van der Waals surface area contributed by atoms with E-state index in [0.717, 1.165) is 0 Å². The zero-order chi connectivity index (χ0) is 9.26. The zero-order valence-corrected chi connectivity index (χ0v) is 10.7. The van der Waals surface area contributed by atoms with Gasteiger partial charge in [-0.05, 0) is 18.2 Å². The van der Waals surface area contributed by atoms with Crippen molar-refractivity contribution < 1.29 is 4.42 Å². The van der Waals surface area contributed by atoms with E-state index in [2.05, 4.69) is 10.2 Å². The van der Waals surface area contributed by atoms with Crippen molar-refractivity contribution in [1.29, 1.82) is 0 Å². The van der Waals surface area contributed by atoms with Gasteiger partial charge in [0.2, 0.25) is 12.3 Å². The van der Waals surface area contributed by atoms with Crippen LogP contribution in [0.3, 0.4) is 0 Å². The van der Waals surface area contributed by atoms with Crippen LogP contribution in [0.15, 0.2) is 29.0 Å². The van der Waals surface area contributed by atoms with Gasteiger partial charge in [0.1, 0.15) is 0 Å². The Bertz CT molecular complexity index is 419. The van der Waals surface area contributed by atoms with Gasteiger partial charge in [-0.25, -0.2) is 0 Å². The van der Waals surface area contributed by atoms with Crippen LogP contribution >= 0.6 is 11.6 Å². The molecule has 4 nitrogen and oxygen atoms in total. The number of aromatic nitrogens is 2. The van der Waals surface area contributed by atoms with Crippen LogP contribution in [0.4, 0.5) is 5.69 Å². The van der Waals surface area contributed by atoms with Gasteiger partial charge >= 0.3 is 0 Å². The van der Waals surface area contributed by atoms with Crippen molar-refractivity contribution in [3.63, 3.8) is 0 Å². The number of benzene rings is 1. The first-order valence-electron chi connectivity index (χ1n) is 3.59. The summed E-state index contributed by atoms with van der Waals surface area (Å²) in [4.78, 5) is 0. The smallest absolute Gasteiger partial charge is 0.248 e. The predicted molar refractivity (Wildman–Crippen MR) is 54.9 cm³/mol. The van der Waals surface area contributed by atoms with Gasteiger partial charge in [0, 0.05) is 29.6 Å². The second-order valence-corrected chi connectivity index (χ2v) is 2.89. The third kappa shape index (κ3) is 2.19. The van der Waals surface area contributed by atoms with Crippen molar-refractivity contribution in [2.75, 3.05) is 5.73 Å². The molecule has 0 aliphatic carbocycles. The Hall–Kier alpha value is -0.751. The van der Waals surface area contributed by atoms with E-state index in [-0.39, 0.29) is 23.9 Å². The van der Waals surface area contributed by atoms with E-state index in [9.17, 15) is 0 Å². The standard InChI is InChI=1S/C8H6ClN3O.Sn/c9-7-3-5(10)1-2-6(7)8-12-11-4-13-8;/h1-4H,10H2;. The van der Waals surface area contributed by atoms with Crippen molar-refractivity contribution in [2.45, 2.75) is 0 Å². The monoisotopic (exact) mass is 315 g/mol. The first-order chi connectivity index (χ1) is 6.27. The molecule has 1 aromatic carbocycles. The zero-order valence-electron chi connectivity index (χ0n) is 7.07. The molecule has 2 N–H and O–H groups in total. The number of hydrogen-bond donors (Lipinski definition) is 1. The maximum Gasteiger partial charge on any atom is 0.248 e. The average Bonchev–Trinajstić information content (AvgIpc) is 2.56. The Labute approximate surface area is 102 Å². The number of nitrogens with two attached hydrogens (primary N) is 1. The second-order valence-electron chi connectivity index (χ2n) is 2.48. The summed E-state index contributed by atoms with van der Waals surface area (Å²) < 4.78 is 4.99. The molecule has 0 saturated carbocycles. The Kier molecular flexibility index (Phi) is 3.76. The minimum Gasteiger partial charge on any atom is -0.423 e. The molecule has 2 rings (SSSR count). The molecule has 0 atom stereocenters. The number of nitrogen functional groups attached to an aromatic ring is 1. The van der Waals surface area contributed by atoms with Crippen LogP contribution in [0.2, 0.25) is 5.02 Å². The average molecular weight is 314 g/mol. The number of halogens is 1. The number of nitrogens with zero attached hydrogens (tertiary/aromatic N) is 2. The first kappa shape index (κ1) is 11.3. The molecule has 2 aromatic rings. The number of rotatable bonds is 1. The molecular formula is C8H6ClN3OSn. The second kappa shape index (κ2) is 4.65. The molecule has 0 bridgehead atoms. The molecule has 0 aliphatic heterocycles.